The van der Waals surface area contributed by atoms with Crippen molar-refractivity contribution < 1.29 is 9.84 Å². The first kappa shape index (κ1) is 18.4. The van der Waals surface area contributed by atoms with Crippen LogP contribution in [0.15, 0.2) is 48.8 Å². The molecule has 4 heterocycles. The van der Waals surface area contributed by atoms with Crippen LogP contribution in [-0.4, -0.2) is 56.3 Å². The summed E-state index contributed by atoms with van der Waals surface area (Å²) in [5.74, 6) is 1.50. The van der Waals surface area contributed by atoms with Gasteiger partial charge in [-0.25, -0.2) is 19.9 Å². The number of aromatic hydroxyl groups is 1. The van der Waals surface area contributed by atoms with Crippen molar-refractivity contribution in [1.29, 1.82) is 0 Å². The van der Waals surface area contributed by atoms with Crippen molar-refractivity contribution in [2.24, 2.45) is 0 Å². The highest BCUT2D eigenvalue weighted by atomic mass is 16.5. The minimum atomic E-state index is -0.0671. The fourth-order valence-electron chi connectivity index (χ4n) is 3.52. The third-order valence-electron chi connectivity index (χ3n) is 5.00. The molecular formula is C22H20N6O2. The molecular weight excluding hydrogens is 380 g/mol. The highest BCUT2D eigenvalue weighted by Gasteiger charge is 2.21. The molecule has 8 heteroatoms. The second-order valence-corrected chi connectivity index (χ2v) is 7.14. The molecule has 0 unspecified atom stereocenters. The molecule has 1 aromatic carbocycles. The van der Waals surface area contributed by atoms with E-state index in [2.05, 4.69) is 24.8 Å². The number of benzene rings is 1. The zero-order valence-electron chi connectivity index (χ0n) is 16.5. The van der Waals surface area contributed by atoms with Crippen molar-refractivity contribution in [2.75, 3.05) is 31.2 Å². The molecule has 0 bridgehead atoms. The zero-order valence-corrected chi connectivity index (χ0v) is 16.5. The van der Waals surface area contributed by atoms with E-state index in [0.717, 1.165) is 16.6 Å². The lowest BCUT2D eigenvalue weighted by atomic mass is 10.1. The van der Waals surface area contributed by atoms with Crippen molar-refractivity contribution in [3.8, 4) is 28.7 Å². The molecule has 1 N–H and O–H groups in total. The third kappa shape index (κ3) is 3.42. The second-order valence-electron chi connectivity index (χ2n) is 7.14. The molecule has 0 spiro atoms. The minimum absolute atomic E-state index is 0.0671. The average molecular weight is 400 g/mol. The Bertz CT molecular complexity index is 1220. The summed E-state index contributed by atoms with van der Waals surface area (Å²) in [5, 5.41) is 10.5. The maximum Gasteiger partial charge on any atom is 0.184 e. The standard InChI is InChI=1S/C22H20N6O2/c1-14-4-2-5-15(12-14)20-24-13-17(29)19(26-20)21-25-16-6-3-7-23-18(16)22(27-21)28-8-10-30-11-9-28/h2-7,12-13,29H,8-11H2,1H3. The molecule has 150 valence electrons. The van der Waals surface area contributed by atoms with Crippen LogP contribution in [0.1, 0.15) is 5.56 Å². The molecule has 3 aromatic heterocycles. The Labute approximate surface area is 173 Å². The quantitative estimate of drug-likeness (QED) is 0.561. The van der Waals surface area contributed by atoms with Crippen LogP contribution < -0.4 is 4.90 Å². The predicted octanol–water partition coefficient (Wildman–Crippen LogP) is 3.00. The van der Waals surface area contributed by atoms with Gasteiger partial charge in [0, 0.05) is 24.8 Å². The van der Waals surface area contributed by atoms with Gasteiger partial charge in [0.2, 0.25) is 0 Å². The van der Waals surface area contributed by atoms with Crippen LogP contribution in [0.4, 0.5) is 5.82 Å². The summed E-state index contributed by atoms with van der Waals surface area (Å²) in [6.45, 7) is 4.70. The first-order chi connectivity index (χ1) is 14.7. The number of anilines is 1. The predicted molar refractivity (Wildman–Crippen MR) is 113 cm³/mol. The molecule has 0 saturated carbocycles. The minimum Gasteiger partial charge on any atom is -0.504 e. The molecule has 0 aliphatic carbocycles. The van der Waals surface area contributed by atoms with Gasteiger partial charge in [-0.3, -0.25) is 4.98 Å². The lowest BCUT2D eigenvalue weighted by molar-refractivity contribution is 0.122. The van der Waals surface area contributed by atoms with Crippen molar-refractivity contribution in [3.63, 3.8) is 0 Å². The molecule has 8 nitrogen and oxygen atoms in total. The van der Waals surface area contributed by atoms with Gasteiger partial charge in [0.15, 0.2) is 28.9 Å². The van der Waals surface area contributed by atoms with Crippen LogP contribution in [0.25, 0.3) is 33.9 Å². The zero-order chi connectivity index (χ0) is 20.5. The van der Waals surface area contributed by atoms with Gasteiger partial charge in [0.05, 0.1) is 24.9 Å². The Morgan fingerprint density at radius 1 is 0.967 bits per heavy atom. The van der Waals surface area contributed by atoms with E-state index in [4.69, 9.17) is 9.72 Å². The Balaban J connectivity index is 1.67. The molecule has 5 rings (SSSR count). The van der Waals surface area contributed by atoms with Crippen LogP contribution >= 0.6 is 0 Å². The molecule has 0 atom stereocenters. The van der Waals surface area contributed by atoms with Crippen LogP contribution in [0.3, 0.4) is 0 Å². The highest BCUT2D eigenvalue weighted by molar-refractivity contribution is 5.87. The van der Waals surface area contributed by atoms with Gasteiger partial charge < -0.3 is 14.7 Å². The number of ether oxygens (including phenoxy) is 1. The van der Waals surface area contributed by atoms with E-state index < -0.39 is 0 Å². The summed E-state index contributed by atoms with van der Waals surface area (Å²) in [6, 6.07) is 11.6. The van der Waals surface area contributed by atoms with Crippen LogP contribution in [0.5, 0.6) is 5.75 Å². The number of hydrogen-bond donors (Lipinski definition) is 1. The number of hydrogen-bond acceptors (Lipinski definition) is 8. The van der Waals surface area contributed by atoms with Crippen LogP contribution in [-0.2, 0) is 4.74 Å². The fraction of sp³-hybridized carbons (Fsp3) is 0.227. The molecule has 1 fully saturated rings. The van der Waals surface area contributed by atoms with Crippen molar-refractivity contribution in [3.05, 3.63) is 54.4 Å². The topological polar surface area (TPSA) is 97.2 Å². The normalized spacial score (nSPS) is 14.2. The third-order valence-corrected chi connectivity index (χ3v) is 5.00. The average Bonchev–Trinajstić information content (AvgIpc) is 2.79. The van der Waals surface area contributed by atoms with Crippen molar-refractivity contribution >= 4 is 16.9 Å². The Hall–Kier alpha value is -3.65. The van der Waals surface area contributed by atoms with Gasteiger partial charge in [-0.1, -0.05) is 23.8 Å². The summed E-state index contributed by atoms with van der Waals surface area (Å²) >= 11 is 0. The van der Waals surface area contributed by atoms with E-state index in [0.29, 0.717) is 55.0 Å². The number of morpholine rings is 1. The first-order valence-corrected chi connectivity index (χ1v) is 9.78. The number of aromatic nitrogens is 5. The fourth-order valence-corrected chi connectivity index (χ4v) is 3.52. The largest absolute Gasteiger partial charge is 0.504 e. The first-order valence-electron chi connectivity index (χ1n) is 9.78. The Morgan fingerprint density at radius 3 is 2.67 bits per heavy atom. The van der Waals surface area contributed by atoms with Gasteiger partial charge in [-0.15, -0.1) is 0 Å². The van der Waals surface area contributed by atoms with E-state index >= 15 is 0 Å². The lowest BCUT2D eigenvalue weighted by Crippen LogP contribution is -2.37. The molecule has 30 heavy (non-hydrogen) atoms. The van der Waals surface area contributed by atoms with Crippen molar-refractivity contribution in [1.82, 2.24) is 24.9 Å². The van der Waals surface area contributed by atoms with Gasteiger partial charge in [-0.05, 0) is 25.1 Å². The summed E-state index contributed by atoms with van der Waals surface area (Å²) < 4.78 is 5.48. The number of rotatable bonds is 3. The maximum atomic E-state index is 10.5. The van der Waals surface area contributed by atoms with Gasteiger partial charge >= 0.3 is 0 Å². The molecule has 1 aliphatic rings. The van der Waals surface area contributed by atoms with Crippen LogP contribution in [0.2, 0.25) is 0 Å². The summed E-state index contributed by atoms with van der Waals surface area (Å²) in [5.41, 5.74) is 3.68. The number of fused-ring (bicyclic) bond motifs is 1. The number of pyridine rings is 1. The van der Waals surface area contributed by atoms with E-state index in [-0.39, 0.29) is 5.75 Å². The van der Waals surface area contributed by atoms with Crippen molar-refractivity contribution in [2.45, 2.75) is 6.92 Å². The van der Waals surface area contributed by atoms with Gasteiger partial charge in [-0.2, -0.15) is 0 Å². The molecule has 1 saturated heterocycles. The maximum absolute atomic E-state index is 10.5. The van der Waals surface area contributed by atoms with Gasteiger partial charge in [0.1, 0.15) is 5.52 Å². The summed E-state index contributed by atoms with van der Waals surface area (Å²) in [6.07, 6.45) is 3.12. The molecule has 0 radical (unpaired) electrons. The summed E-state index contributed by atoms with van der Waals surface area (Å²) in [7, 11) is 0. The molecule has 0 amide bonds. The SMILES string of the molecule is Cc1cccc(-c2ncc(O)c(-c3nc(N4CCOCC4)c4ncccc4n3)n2)c1. The second kappa shape index (κ2) is 7.64. The van der Waals surface area contributed by atoms with E-state index in [9.17, 15) is 5.11 Å². The van der Waals surface area contributed by atoms with E-state index in [1.165, 1.54) is 6.20 Å². The Kier molecular flexibility index (Phi) is 4.68. The van der Waals surface area contributed by atoms with Gasteiger partial charge in [0.25, 0.3) is 0 Å². The molecule has 1 aliphatic heterocycles. The van der Waals surface area contributed by atoms with E-state index in [1.54, 1.807) is 6.20 Å². The number of nitrogens with zero attached hydrogens (tertiary/aromatic N) is 6. The van der Waals surface area contributed by atoms with E-state index in [1.807, 2.05) is 43.3 Å². The Morgan fingerprint density at radius 2 is 1.83 bits per heavy atom. The molecule has 4 aromatic rings. The lowest BCUT2D eigenvalue weighted by Gasteiger charge is -2.28. The highest BCUT2D eigenvalue weighted by Crippen LogP contribution is 2.31. The monoisotopic (exact) mass is 400 g/mol. The smallest absolute Gasteiger partial charge is 0.184 e. The summed E-state index contributed by atoms with van der Waals surface area (Å²) in [4.78, 5) is 24.9. The van der Waals surface area contributed by atoms with Crippen LogP contribution in [0, 0.1) is 6.92 Å². The number of aryl methyl sites for hydroxylation is 1.